The number of hydrogen-bond donors (Lipinski definition) is 0. The second-order valence-electron chi connectivity index (χ2n) is 9.43. The van der Waals surface area contributed by atoms with Gasteiger partial charge in [-0.1, -0.05) is 70.2 Å². The highest BCUT2D eigenvalue weighted by Gasteiger charge is 2.38. The van der Waals surface area contributed by atoms with Crippen LogP contribution < -0.4 is 0 Å². The Labute approximate surface area is 179 Å². The highest BCUT2D eigenvalue weighted by atomic mass is 15.2. The molecule has 0 unspecified atom stereocenters. The molecule has 2 heteroatoms. The Morgan fingerprint density at radius 3 is 2.31 bits per heavy atom. The number of hydrogen-bond acceptors (Lipinski definition) is 1. The highest BCUT2D eigenvalue weighted by Crippen LogP contribution is 2.52. The lowest BCUT2D eigenvalue weighted by Crippen LogP contribution is -2.19. The van der Waals surface area contributed by atoms with Crippen LogP contribution in [0.2, 0.25) is 0 Å². The molecule has 0 amide bonds. The van der Waals surface area contributed by atoms with E-state index in [0.717, 1.165) is 11.9 Å². The van der Waals surface area contributed by atoms with Gasteiger partial charge in [-0.05, 0) is 61.1 Å². The van der Waals surface area contributed by atoms with Gasteiger partial charge in [0.1, 0.15) is 7.85 Å². The molecular weight excluding hydrogens is 349 g/mol. The number of nitrogens with zero attached hydrogens (tertiary/aromatic N) is 1. The Morgan fingerprint density at radius 2 is 1.66 bits per heavy atom. The molecule has 0 N–H and O–H groups in total. The summed E-state index contributed by atoms with van der Waals surface area (Å²) in [6.45, 7) is 15.7. The van der Waals surface area contributed by atoms with Crippen molar-refractivity contribution in [2.75, 3.05) is 7.05 Å². The van der Waals surface area contributed by atoms with Gasteiger partial charge in [0, 0.05) is 29.3 Å². The summed E-state index contributed by atoms with van der Waals surface area (Å²) in [5, 5.41) is 0. The van der Waals surface area contributed by atoms with E-state index in [1.165, 1.54) is 39.3 Å². The van der Waals surface area contributed by atoms with E-state index in [-0.39, 0.29) is 10.8 Å². The second kappa shape index (κ2) is 7.56. The van der Waals surface area contributed by atoms with Gasteiger partial charge in [0.2, 0.25) is 0 Å². The summed E-state index contributed by atoms with van der Waals surface area (Å²) in [5.41, 5.74) is 10.6. The first-order valence-electron chi connectivity index (χ1n) is 10.6. The molecule has 0 saturated heterocycles. The summed E-state index contributed by atoms with van der Waals surface area (Å²) in [4.78, 5) is 2.31. The lowest BCUT2D eigenvalue weighted by atomic mass is 9.78. The lowest BCUT2D eigenvalue weighted by molar-refractivity contribution is 0.442. The third-order valence-electron chi connectivity index (χ3n) is 6.88. The number of rotatable bonds is 4. The maximum absolute atomic E-state index is 6.16. The summed E-state index contributed by atoms with van der Waals surface area (Å²) >= 11 is 0. The third-order valence-corrected chi connectivity index (χ3v) is 6.88. The molecule has 150 valence electrons. The fourth-order valence-electron chi connectivity index (χ4n) is 5.17. The third kappa shape index (κ3) is 3.48. The van der Waals surface area contributed by atoms with Gasteiger partial charge in [0.25, 0.3) is 0 Å². The van der Waals surface area contributed by atoms with Crippen LogP contribution >= 0.6 is 0 Å². The molecular formula is C27H34BN. The molecule has 1 aliphatic heterocycles. The number of fused-ring (bicyclic) bond motifs is 1. The van der Waals surface area contributed by atoms with Crippen molar-refractivity contribution in [2.24, 2.45) is 10.8 Å². The molecule has 3 rings (SSSR count). The van der Waals surface area contributed by atoms with Gasteiger partial charge >= 0.3 is 0 Å². The van der Waals surface area contributed by atoms with Crippen molar-refractivity contribution in [1.29, 1.82) is 0 Å². The van der Waals surface area contributed by atoms with E-state index in [9.17, 15) is 0 Å². The van der Waals surface area contributed by atoms with E-state index in [4.69, 9.17) is 7.85 Å². The van der Waals surface area contributed by atoms with Crippen LogP contribution in [-0.4, -0.2) is 19.8 Å². The molecule has 0 saturated carbocycles. The molecule has 0 atom stereocenters. The molecule has 3 aliphatic rings. The second-order valence-corrected chi connectivity index (χ2v) is 9.43. The molecule has 1 nitrogen and oxygen atoms in total. The quantitative estimate of drug-likeness (QED) is 0.376. The molecule has 0 fully saturated rings. The normalized spacial score (nSPS) is 25.2. The monoisotopic (exact) mass is 383 g/mol. The van der Waals surface area contributed by atoms with Gasteiger partial charge in [-0.15, -0.1) is 5.47 Å². The standard InChI is InChI=1S/C27H34BN/c1-9-13-22-19(3)29(8)25(27(22,6)7)15-12-10-11-14-23-21-16-20(28)17-24(18(21)2)26(23,4)5/h9-15,17H,16H2,1-8H3/b12-10+,13-9-,14-11+,25-15-. The summed E-state index contributed by atoms with van der Waals surface area (Å²) in [5.74, 6) is 0. The van der Waals surface area contributed by atoms with E-state index in [2.05, 4.69) is 109 Å². The average molecular weight is 383 g/mol. The van der Waals surface area contributed by atoms with Gasteiger partial charge in [-0.3, -0.25) is 0 Å². The van der Waals surface area contributed by atoms with Crippen molar-refractivity contribution in [3.05, 3.63) is 93.3 Å². The Balaban J connectivity index is 1.81. The van der Waals surface area contributed by atoms with Crippen LogP contribution in [0.25, 0.3) is 0 Å². The van der Waals surface area contributed by atoms with E-state index < -0.39 is 0 Å². The summed E-state index contributed by atoms with van der Waals surface area (Å²) < 4.78 is 0. The average Bonchev–Trinajstić information content (AvgIpc) is 2.85. The van der Waals surface area contributed by atoms with E-state index in [0.29, 0.717) is 0 Å². The zero-order chi connectivity index (χ0) is 21.6. The van der Waals surface area contributed by atoms with Crippen molar-refractivity contribution in [2.45, 2.75) is 54.9 Å². The van der Waals surface area contributed by atoms with Crippen molar-refractivity contribution in [1.82, 2.24) is 4.90 Å². The van der Waals surface area contributed by atoms with E-state index in [1.54, 1.807) is 0 Å². The fourth-order valence-corrected chi connectivity index (χ4v) is 5.17. The Hall–Kier alpha value is -2.22. The fraction of sp³-hybridized carbons (Fsp3) is 0.407. The minimum Gasteiger partial charge on any atom is -0.351 e. The smallest absolute Gasteiger partial charge is 0.108 e. The first-order chi connectivity index (χ1) is 13.5. The summed E-state index contributed by atoms with van der Waals surface area (Å²) in [7, 11) is 8.32. The SMILES string of the molecule is [B]C1=CC2=C(C)C(=C(/C=C/C=C/C=C3\N(C)C(C)=C(/C=C\C)C3(C)C)C2(C)C)C1. The van der Waals surface area contributed by atoms with Crippen LogP contribution in [-0.2, 0) is 0 Å². The summed E-state index contributed by atoms with van der Waals surface area (Å²) in [6, 6.07) is 0. The van der Waals surface area contributed by atoms with Crippen LogP contribution in [0.15, 0.2) is 93.3 Å². The zero-order valence-electron chi connectivity index (χ0n) is 19.4. The number of allylic oxidation sites excluding steroid dienone is 15. The topological polar surface area (TPSA) is 3.24 Å². The molecule has 1 heterocycles. The van der Waals surface area contributed by atoms with Gasteiger partial charge < -0.3 is 4.90 Å². The Kier molecular flexibility index (Phi) is 5.60. The maximum Gasteiger partial charge on any atom is 0.108 e. The minimum absolute atomic E-state index is 0.0143. The molecule has 0 aromatic heterocycles. The first-order valence-corrected chi connectivity index (χ1v) is 10.6. The van der Waals surface area contributed by atoms with Crippen molar-refractivity contribution in [3.8, 4) is 0 Å². The van der Waals surface area contributed by atoms with Crippen LogP contribution in [0.1, 0.15) is 54.9 Å². The molecule has 2 aliphatic carbocycles. The van der Waals surface area contributed by atoms with Crippen LogP contribution in [0.4, 0.5) is 0 Å². The van der Waals surface area contributed by atoms with Crippen LogP contribution in [0.3, 0.4) is 0 Å². The minimum atomic E-state index is 0.0143. The van der Waals surface area contributed by atoms with Crippen molar-refractivity contribution in [3.63, 3.8) is 0 Å². The van der Waals surface area contributed by atoms with Gasteiger partial charge in [-0.2, -0.15) is 0 Å². The zero-order valence-corrected chi connectivity index (χ0v) is 19.4. The maximum atomic E-state index is 6.16. The molecule has 2 radical (unpaired) electrons. The Morgan fingerprint density at radius 1 is 0.966 bits per heavy atom. The lowest BCUT2D eigenvalue weighted by Gasteiger charge is -2.25. The van der Waals surface area contributed by atoms with Crippen LogP contribution in [0.5, 0.6) is 0 Å². The highest BCUT2D eigenvalue weighted by molar-refractivity contribution is 6.22. The Bertz CT molecular complexity index is 968. The molecule has 2 bridgehead atoms. The van der Waals surface area contributed by atoms with Crippen LogP contribution in [0, 0.1) is 10.8 Å². The van der Waals surface area contributed by atoms with Gasteiger partial charge in [0.05, 0.1) is 0 Å². The molecule has 0 aromatic carbocycles. The molecule has 29 heavy (non-hydrogen) atoms. The van der Waals surface area contributed by atoms with Gasteiger partial charge in [0.15, 0.2) is 0 Å². The van der Waals surface area contributed by atoms with E-state index >= 15 is 0 Å². The van der Waals surface area contributed by atoms with Gasteiger partial charge in [-0.25, -0.2) is 0 Å². The largest absolute Gasteiger partial charge is 0.351 e. The summed E-state index contributed by atoms with van der Waals surface area (Å²) in [6.07, 6.45) is 18.4. The predicted molar refractivity (Wildman–Crippen MR) is 127 cm³/mol. The molecule has 0 spiro atoms. The molecule has 0 aromatic rings. The van der Waals surface area contributed by atoms with E-state index in [1.807, 2.05) is 0 Å². The van der Waals surface area contributed by atoms with Crippen molar-refractivity contribution < 1.29 is 0 Å². The van der Waals surface area contributed by atoms with Crippen molar-refractivity contribution >= 4 is 7.85 Å². The predicted octanol–water partition coefficient (Wildman–Crippen LogP) is 6.91. The first kappa shape index (κ1) is 21.5.